The predicted octanol–water partition coefficient (Wildman–Crippen LogP) is 4.10. The number of likely N-dealkylation sites (tertiary alicyclic amines) is 1. The molecule has 1 heterocycles. The van der Waals surface area contributed by atoms with Crippen LogP contribution in [-0.4, -0.2) is 23.8 Å². The number of rotatable bonds is 4. The molecule has 0 aliphatic carbocycles. The van der Waals surface area contributed by atoms with E-state index in [-0.39, 0.29) is 11.8 Å². The molecule has 0 saturated carbocycles. The third-order valence-corrected chi connectivity index (χ3v) is 4.18. The molecule has 2 aromatic carbocycles. The van der Waals surface area contributed by atoms with E-state index in [0.29, 0.717) is 0 Å². The van der Waals surface area contributed by atoms with Crippen molar-refractivity contribution in [2.24, 2.45) is 0 Å². The fraction of sp³-hybridized carbons (Fsp3) is 0.316. The van der Waals surface area contributed by atoms with Crippen molar-refractivity contribution in [3.63, 3.8) is 0 Å². The van der Waals surface area contributed by atoms with Crippen LogP contribution in [-0.2, 0) is 0 Å². The molecule has 1 aliphatic rings. The third-order valence-electron chi connectivity index (χ3n) is 4.18. The van der Waals surface area contributed by atoms with E-state index in [1.807, 2.05) is 48.5 Å². The van der Waals surface area contributed by atoms with Crippen LogP contribution in [0.25, 0.3) is 0 Å². The minimum atomic E-state index is -0.145. The molecule has 0 radical (unpaired) electrons. The van der Waals surface area contributed by atoms with Crippen molar-refractivity contribution >= 4 is 5.78 Å². The first kappa shape index (κ1) is 14.0. The van der Waals surface area contributed by atoms with E-state index in [1.165, 1.54) is 19.3 Å². The lowest BCUT2D eigenvalue weighted by molar-refractivity contribution is 0.0783. The lowest BCUT2D eigenvalue weighted by atomic mass is 9.94. The van der Waals surface area contributed by atoms with E-state index in [0.717, 1.165) is 24.2 Å². The SMILES string of the molecule is O=C(c1ccccc1)[C@H](c1ccccc1)N1CCCCC1. The Kier molecular flexibility index (Phi) is 4.46. The predicted molar refractivity (Wildman–Crippen MR) is 85.4 cm³/mol. The Hall–Kier alpha value is -1.93. The number of nitrogens with zero attached hydrogens (tertiary/aromatic N) is 1. The molecule has 1 atom stereocenters. The summed E-state index contributed by atoms with van der Waals surface area (Å²) in [5.41, 5.74) is 1.91. The summed E-state index contributed by atoms with van der Waals surface area (Å²) in [7, 11) is 0. The van der Waals surface area contributed by atoms with Crippen LogP contribution >= 0.6 is 0 Å². The van der Waals surface area contributed by atoms with Crippen molar-refractivity contribution in [2.75, 3.05) is 13.1 Å². The maximum Gasteiger partial charge on any atom is 0.184 e. The fourth-order valence-corrected chi connectivity index (χ4v) is 3.10. The molecule has 1 fully saturated rings. The summed E-state index contributed by atoms with van der Waals surface area (Å²) in [4.78, 5) is 15.3. The summed E-state index contributed by atoms with van der Waals surface area (Å²) in [6.45, 7) is 2.02. The zero-order valence-electron chi connectivity index (χ0n) is 12.2. The molecular weight excluding hydrogens is 258 g/mol. The molecule has 2 heteroatoms. The maximum absolute atomic E-state index is 13.0. The van der Waals surface area contributed by atoms with E-state index in [9.17, 15) is 4.79 Å². The first-order valence-corrected chi connectivity index (χ1v) is 7.74. The first-order valence-electron chi connectivity index (χ1n) is 7.74. The minimum absolute atomic E-state index is 0.145. The normalized spacial score (nSPS) is 17.3. The average molecular weight is 279 g/mol. The number of benzene rings is 2. The number of piperidine rings is 1. The van der Waals surface area contributed by atoms with Gasteiger partial charge in [0.1, 0.15) is 0 Å². The summed E-state index contributed by atoms with van der Waals surface area (Å²) < 4.78 is 0. The largest absolute Gasteiger partial charge is 0.292 e. The minimum Gasteiger partial charge on any atom is -0.292 e. The Morgan fingerprint density at radius 3 is 2.00 bits per heavy atom. The van der Waals surface area contributed by atoms with Crippen LogP contribution in [0.3, 0.4) is 0 Å². The highest BCUT2D eigenvalue weighted by Gasteiger charge is 2.29. The van der Waals surface area contributed by atoms with Crippen LogP contribution in [0.1, 0.15) is 41.2 Å². The highest BCUT2D eigenvalue weighted by Crippen LogP contribution is 2.28. The van der Waals surface area contributed by atoms with Gasteiger partial charge in [0.15, 0.2) is 5.78 Å². The second-order valence-corrected chi connectivity index (χ2v) is 5.64. The quantitative estimate of drug-likeness (QED) is 0.785. The molecule has 0 unspecified atom stereocenters. The zero-order valence-corrected chi connectivity index (χ0v) is 12.2. The van der Waals surface area contributed by atoms with Crippen molar-refractivity contribution in [3.05, 3.63) is 71.8 Å². The number of carbonyl (C=O) groups excluding carboxylic acids is 1. The Morgan fingerprint density at radius 2 is 1.38 bits per heavy atom. The Balaban J connectivity index is 1.94. The van der Waals surface area contributed by atoms with E-state index in [1.54, 1.807) is 0 Å². The summed E-state index contributed by atoms with van der Waals surface area (Å²) >= 11 is 0. The first-order chi connectivity index (χ1) is 10.4. The molecule has 2 aromatic rings. The Labute approximate surface area is 126 Å². The number of carbonyl (C=O) groups is 1. The maximum atomic E-state index is 13.0. The lowest BCUT2D eigenvalue weighted by Crippen LogP contribution is -2.38. The number of hydrogen-bond acceptors (Lipinski definition) is 2. The highest BCUT2D eigenvalue weighted by atomic mass is 16.1. The van der Waals surface area contributed by atoms with Crippen molar-refractivity contribution < 1.29 is 4.79 Å². The molecule has 0 spiro atoms. The van der Waals surface area contributed by atoms with Crippen LogP contribution in [0.15, 0.2) is 60.7 Å². The third kappa shape index (κ3) is 3.22. The van der Waals surface area contributed by atoms with Gasteiger partial charge >= 0.3 is 0 Å². The molecule has 1 aliphatic heterocycles. The summed E-state index contributed by atoms with van der Waals surface area (Å²) in [6, 6.07) is 19.7. The molecule has 3 rings (SSSR count). The standard InChI is InChI=1S/C19H21NO/c21-19(17-12-6-2-7-13-17)18(16-10-4-1-5-11-16)20-14-8-3-9-15-20/h1-2,4-7,10-13,18H,3,8-9,14-15H2/t18-/m0/s1. The van der Waals surface area contributed by atoms with Gasteiger partial charge in [-0.1, -0.05) is 67.1 Å². The number of hydrogen-bond donors (Lipinski definition) is 0. The van der Waals surface area contributed by atoms with Gasteiger partial charge in [0.25, 0.3) is 0 Å². The van der Waals surface area contributed by atoms with E-state index < -0.39 is 0 Å². The van der Waals surface area contributed by atoms with E-state index in [4.69, 9.17) is 0 Å². The van der Waals surface area contributed by atoms with Crippen molar-refractivity contribution in [1.29, 1.82) is 0 Å². The molecule has 0 amide bonds. The molecule has 1 saturated heterocycles. The number of ketones is 1. The van der Waals surface area contributed by atoms with Gasteiger partial charge in [0.05, 0.1) is 6.04 Å². The van der Waals surface area contributed by atoms with E-state index >= 15 is 0 Å². The van der Waals surface area contributed by atoms with Gasteiger partial charge in [-0.3, -0.25) is 9.69 Å². The monoisotopic (exact) mass is 279 g/mol. The van der Waals surface area contributed by atoms with E-state index in [2.05, 4.69) is 17.0 Å². The van der Waals surface area contributed by atoms with Crippen molar-refractivity contribution in [2.45, 2.75) is 25.3 Å². The van der Waals surface area contributed by atoms with Gasteiger partial charge in [-0.2, -0.15) is 0 Å². The van der Waals surface area contributed by atoms with Gasteiger partial charge < -0.3 is 0 Å². The zero-order chi connectivity index (χ0) is 14.5. The smallest absolute Gasteiger partial charge is 0.184 e. The van der Waals surface area contributed by atoms with Gasteiger partial charge in [0.2, 0.25) is 0 Å². The Morgan fingerprint density at radius 1 is 0.810 bits per heavy atom. The van der Waals surface area contributed by atoms with Crippen LogP contribution < -0.4 is 0 Å². The molecular formula is C19H21NO. The highest BCUT2D eigenvalue weighted by molar-refractivity contribution is 6.00. The summed E-state index contributed by atoms with van der Waals surface area (Å²) in [5, 5.41) is 0. The van der Waals surface area contributed by atoms with Gasteiger partial charge in [-0.25, -0.2) is 0 Å². The average Bonchev–Trinajstić information content (AvgIpc) is 2.58. The molecule has 21 heavy (non-hydrogen) atoms. The second kappa shape index (κ2) is 6.68. The fourth-order valence-electron chi connectivity index (χ4n) is 3.10. The van der Waals surface area contributed by atoms with Gasteiger partial charge in [-0.15, -0.1) is 0 Å². The topological polar surface area (TPSA) is 20.3 Å². The van der Waals surface area contributed by atoms with Crippen LogP contribution in [0.4, 0.5) is 0 Å². The van der Waals surface area contributed by atoms with Crippen LogP contribution in [0, 0.1) is 0 Å². The molecule has 0 aromatic heterocycles. The summed E-state index contributed by atoms with van der Waals surface area (Å²) in [6.07, 6.45) is 3.65. The number of Topliss-reactive ketones (excluding diaryl/α,β-unsaturated/α-hetero) is 1. The van der Waals surface area contributed by atoms with Crippen LogP contribution in [0.5, 0.6) is 0 Å². The summed E-state index contributed by atoms with van der Waals surface area (Å²) in [5.74, 6) is 0.212. The molecule has 108 valence electrons. The second-order valence-electron chi connectivity index (χ2n) is 5.64. The lowest BCUT2D eigenvalue weighted by Gasteiger charge is -2.34. The molecule has 0 bridgehead atoms. The van der Waals surface area contributed by atoms with Gasteiger partial charge in [0, 0.05) is 5.56 Å². The van der Waals surface area contributed by atoms with Crippen molar-refractivity contribution in [3.8, 4) is 0 Å². The van der Waals surface area contributed by atoms with Gasteiger partial charge in [-0.05, 0) is 31.5 Å². The molecule has 2 nitrogen and oxygen atoms in total. The Bertz CT molecular complexity index is 573. The van der Waals surface area contributed by atoms with Crippen LogP contribution in [0.2, 0.25) is 0 Å². The molecule has 0 N–H and O–H groups in total. The van der Waals surface area contributed by atoms with Crippen molar-refractivity contribution in [1.82, 2.24) is 4.90 Å².